The van der Waals surface area contributed by atoms with Crippen LogP contribution in [0.3, 0.4) is 0 Å². The predicted molar refractivity (Wildman–Crippen MR) is 54.3 cm³/mol. The van der Waals surface area contributed by atoms with Crippen LogP contribution in [-0.2, 0) is 0 Å². The van der Waals surface area contributed by atoms with E-state index in [-0.39, 0.29) is 0 Å². The van der Waals surface area contributed by atoms with Crippen LogP contribution in [0, 0.1) is 12.8 Å². The Kier molecular flexibility index (Phi) is 2.19. The summed E-state index contributed by atoms with van der Waals surface area (Å²) in [5.74, 6) is 0.446. The fourth-order valence-electron chi connectivity index (χ4n) is 1.46. The van der Waals surface area contributed by atoms with Crippen molar-refractivity contribution in [1.29, 1.82) is 0 Å². The van der Waals surface area contributed by atoms with Gasteiger partial charge in [0.1, 0.15) is 0 Å². The smallest absolute Gasteiger partial charge is 0.0499 e. The van der Waals surface area contributed by atoms with Crippen LogP contribution in [-0.4, -0.2) is 11.7 Å². The van der Waals surface area contributed by atoms with Gasteiger partial charge in [-0.25, -0.2) is 0 Å². The van der Waals surface area contributed by atoms with Gasteiger partial charge in [-0.1, -0.05) is 41.5 Å². The highest BCUT2D eigenvalue weighted by Crippen LogP contribution is 2.38. The van der Waals surface area contributed by atoms with Crippen molar-refractivity contribution in [2.45, 2.75) is 13.3 Å². The van der Waals surface area contributed by atoms with Crippen molar-refractivity contribution < 1.29 is 5.11 Å². The van der Waals surface area contributed by atoms with E-state index in [2.05, 4.69) is 37.3 Å². The second-order valence-corrected chi connectivity index (χ2v) is 3.71. The lowest BCUT2D eigenvalue weighted by atomic mass is 10.1. The summed E-state index contributed by atoms with van der Waals surface area (Å²) in [5.41, 5.74) is 3.92. The highest BCUT2D eigenvalue weighted by Gasteiger charge is 2.27. The van der Waals surface area contributed by atoms with Crippen LogP contribution in [0.25, 0.3) is 6.08 Å². The lowest BCUT2D eigenvalue weighted by molar-refractivity contribution is 0.281. The molecule has 0 saturated heterocycles. The van der Waals surface area contributed by atoms with Crippen LogP contribution < -0.4 is 0 Å². The lowest BCUT2D eigenvalue weighted by Gasteiger charge is -1.93. The minimum absolute atomic E-state index is 0.303. The molecule has 0 spiro atoms. The summed E-state index contributed by atoms with van der Waals surface area (Å²) in [7, 11) is 0. The fraction of sp³-hybridized carbons (Fsp3) is 0.333. The average Bonchev–Trinajstić information content (AvgIpc) is 2.88. The molecule has 0 amide bonds. The minimum Gasteiger partial charge on any atom is -0.396 e. The zero-order valence-electron chi connectivity index (χ0n) is 7.83. The number of hydrogen-bond acceptors (Lipinski definition) is 1. The van der Waals surface area contributed by atoms with E-state index >= 15 is 0 Å². The molecule has 1 unspecified atom stereocenters. The van der Waals surface area contributed by atoms with Gasteiger partial charge < -0.3 is 5.11 Å². The third-order valence-corrected chi connectivity index (χ3v) is 2.50. The molecule has 1 fully saturated rings. The molecular formula is C12H14O. The molecule has 2 rings (SSSR count). The summed E-state index contributed by atoms with van der Waals surface area (Å²) in [6.07, 6.45) is 3.25. The van der Waals surface area contributed by atoms with Gasteiger partial charge in [0.05, 0.1) is 0 Å². The van der Waals surface area contributed by atoms with E-state index in [9.17, 15) is 0 Å². The topological polar surface area (TPSA) is 20.2 Å². The van der Waals surface area contributed by atoms with Crippen molar-refractivity contribution in [2.24, 2.45) is 5.92 Å². The first-order valence-electron chi connectivity index (χ1n) is 4.67. The van der Waals surface area contributed by atoms with Gasteiger partial charge in [-0.3, -0.25) is 0 Å². The molecule has 68 valence electrons. The molecular weight excluding hydrogens is 160 g/mol. The summed E-state index contributed by atoms with van der Waals surface area (Å²) in [4.78, 5) is 0. The van der Waals surface area contributed by atoms with E-state index in [1.807, 2.05) is 0 Å². The van der Waals surface area contributed by atoms with E-state index in [0.717, 1.165) is 6.42 Å². The van der Waals surface area contributed by atoms with Crippen LogP contribution >= 0.6 is 0 Å². The molecule has 1 aromatic rings. The Labute approximate surface area is 78.7 Å². The summed E-state index contributed by atoms with van der Waals surface area (Å²) >= 11 is 0. The van der Waals surface area contributed by atoms with Gasteiger partial charge in [-0.2, -0.15) is 0 Å². The molecule has 0 heterocycles. The number of rotatable bonds is 2. The largest absolute Gasteiger partial charge is 0.396 e. The molecule has 1 heteroatoms. The van der Waals surface area contributed by atoms with Crippen LogP contribution in [0.1, 0.15) is 17.5 Å². The first-order valence-corrected chi connectivity index (χ1v) is 4.67. The maximum atomic E-state index is 8.86. The van der Waals surface area contributed by atoms with E-state index in [4.69, 9.17) is 5.11 Å². The van der Waals surface area contributed by atoms with E-state index in [1.54, 1.807) is 0 Å². The van der Waals surface area contributed by atoms with Crippen LogP contribution in [0.15, 0.2) is 29.8 Å². The average molecular weight is 174 g/mol. The van der Waals surface area contributed by atoms with Gasteiger partial charge in [0.2, 0.25) is 0 Å². The van der Waals surface area contributed by atoms with Crippen molar-refractivity contribution >= 4 is 6.08 Å². The van der Waals surface area contributed by atoms with Crippen molar-refractivity contribution in [2.75, 3.05) is 6.61 Å². The second kappa shape index (κ2) is 3.35. The molecule has 1 saturated carbocycles. The van der Waals surface area contributed by atoms with Crippen molar-refractivity contribution in [3.8, 4) is 0 Å². The van der Waals surface area contributed by atoms with Crippen LogP contribution in [0.5, 0.6) is 0 Å². The molecule has 0 aromatic heterocycles. The molecule has 0 radical (unpaired) electrons. The van der Waals surface area contributed by atoms with Crippen LogP contribution in [0.2, 0.25) is 0 Å². The number of benzene rings is 1. The summed E-state index contributed by atoms with van der Waals surface area (Å²) < 4.78 is 0. The molecule has 13 heavy (non-hydrogen) atoms. The summed E-state index contributed by atoms with van der Waals surface area (Å²) in [6, 6.07) is 8.47. The highest BCUT2D eigenvalue weighted by atomic mass is 16.3. The third-order valence-electron chi connectivity index (χ3n) is 2.50. The van der Waals surface area contributed by atoms with Crippen molar-refractivity contribution in [1.82, 2.24) is 0 Å². The number of aryl methyl sites for hydroxylation is 1. The summed E-state index contributed by atoms with van der Waals surface area (Å²) in [6.45, 7) is 2.39. The van der Waals surface area contributed by atoms with Crippen molar-refractivity contribution in [3.63, 3.8) is 0 Å². The Hall–Kier alpha value is -1.08. The molecule has 1 atom stereocenters. The van der Waals surface area contributed by atoms with Gasteiger partial charge in [0.15, 0.2) is 0 Å². The zero-order chi connectivity index (χ0) is 9.26. The molecule has 1 aliphatic carbocycles. The van der Waals surface area contributed by atoms with E-state index < -0.39 is 0 Å². The standard InChI is InChI=1S/C12H14O/c1-9-2-4-10(5-3-9)6-11-7-12(11)8-13/h2-6,12-13H,7-8H2,1H3. The first kappa shape index (κ1) is 8.52. The monoisotopic (exact) mass is 174 g/mol. The number of hydrogen-bond donors (Lipinski definition) is 1. The predicted octanol–water partition coefficient (Wildman–Crippen LogP) is 2.39. The van der Waals surface area contributed by atoms with Crippen LogP contribution in [0.4, 0.5) is 0 Å². The first-order chi connectivity index (χ1) is 6.29. The fourth-order valence-corrected chi connectivity index (χ4v) is 1.46. The van der Waals surface area contributed by atoms with Crippen molar-refractivity contribution in [3.05, 3.63) is 41.0 Å². The number of aliphatic hydroxyl groups excluding tert-OH is 1. The van der Waals surface area contributed by atoms with Gasteiger partial charge in [-0.05, 0) is 18.9 Å². The zero-order valence-corrected chi connectivity index (χ0v) is 7.83. The summed E-state index contributed by atoms with van der Waals surface area (Å²) in [5, 5.41) is 8.86. The normalized spacial score (nSPS) is 23.5. The van der Waals surface area contributed by atoms with Gasteiger partial charge in [0.25, 0.3) is 0 Å². The van der Waals surface area contributed by atoms with Gasteiger partial charge in [0, 0.05) is 12.5 Å². The quantitative estimate of drug-likeness (QED) is 0.730. The molecule has 1 N–H and O–H groups in total. The second-order valence-electron chi connectivity index (χ2n) is 3.71. The minimum atomic E-state index is 0.303. The molecule has 1 aliphatic rings. The van der Waals surface area contributed by atoms with E-state index in [0.29, 0.717) is 12.5 Å². The van der Waals surface area contributed by atoms with E-state index in [1.165, 1.54) is 16.7 Å². The molecule has 1 aromatic carbocycles. The Balaban J connectivity index is 2.11. The van der Waals surface area contributed by atoms with Gasteiger partial charge in [-0.15, -0.1) is 0 Å². The SMILES string of the molecule is Cc1ccc(C=C2CC2CO)cc1. The molecule has 1 nitrogen and oxygen atoms in total. The lowest BCUT2D eigenvalue weighted by Crippen LogP contribution is -1.81. The maximum absolute atomic E-state index is 8.86. The Morgan fingerprint density at radius 3 is 2.62 bits per heavy atom. The molecule has 0 bridgehead atoms. The highest BCUT2D eigenvalue weighted by molar-refractivity contribution is 5.57. The Bertz CT molecular complexity index is 321. The third kappa shape index (κ3) is 1.99. The Morgan fingerprint density at radius 2 is 2.08 bits per heavy atom. The maximum Gasteiger partial charge on any atom is 0.0499 e. The molecule has 0 aliphatic heterocycles. The number of aliphatic hydroxyl groups is 1. The Morgan fingerprint density at radius 1 is 1.38 bits per heavy atom. The van der Waals surface area contributed by atoms with Gasteiger partial charge >= 0.3 is 0 Å².